The quantitative estimate of drug-likeness (QED) is 0.732. The molecule has 2 rings (SSSR count). The number of rotatable bonds is 9. The number of carboxylic acids is 1. The molecule has 0 bridgehead atoms. The van der Waals surface area contributed by atoms with Crippen molar-refractivity contribution in [2.24, 2.45) is 0 Å². The van der Waals surface area contributed by atoms with Gasteiger partial charge in [0, 0.05) is 24.2 Å². The average molecular weight is 293 g/mol. The number of hydrogen-bond acceptors (Lipinski definition) is 4. The van der Waals surface area contributed by atoms with Gasteiger partial charge in [0.05, 0.1) is 6.61 Å². The minimum atomic E-state index is -0.976. The van der Waals surface area contributed by atoms with Crippen molar-refractivity contribution in [1.82, 2.24) is 5.32 Å². The van der Waals surface area contributed by atoms with Gasteiger partial charge in [-0.05, 0) is 32.3 Å². The SMILES string of the molecule is CCCOc1ccc(CNC2CC2)c(OC(C)C(=O)O)c1. The molecule has 1 aromatic rings. The van der Waals surface area contributed by atoms with E-state index in [1.807, 2.05) is 19.1 Å². The van der Waals surface area contributed by atoms with E-state index in [4.69, 9.17) is 14.6 Å². The van der Waals surface area contributed by atoms with E-state index in [9.17, 15) is 4.79 Å². The van der Waals surface area contributed by atoms with Gasteiger partial charge in [-0.3, -0.25) is 0 Å². The Kier molecular flexibility index (Phi) is 5.44. The Labute approximate surface area is 125 Å². The zero-order valence-electron chi connectivity index (χ0n) is 12.6. The first-order valence-corrected chi connectivity index (χ1v) is 7.48. The van der Waals surface area contributed by atoms with Crippen LogP contribution in [-0.4, -0.2) is 29.8 Å². The standard InChI is InChI=1S/C16H23NO4/c1-3-8-20-14-7-4-12(10-17-13-5-6-13)15(9-14)21-11(2)16(18)19/h4,7,9,11,13,17H,3,5-6,8,10H2,1-2H3,(H,18,19). The number of carbonyl (C=O) groups is 1. The molecule has 1 atom stereocenters. The van der Waals surface area contributed by atoms with E-state index in [-0.39, 0.29) is 0 Å². The van der Waals surface area contributed by atoms with Crippen LogP contribution in [0.3, 0.4) is 0 Å². The number of ether oxygens (including phenoxy) is 2. The van der Waals surface area contributed by atoms with Gasteiger partial charge in [-0.25, -0.2) is 4.79 Å². The topological polar surface area (TPSA) is 67.8 Å². The first-order chi connectivity index (χ1) is 10.1. The average Bonchev–Trinajstić information content (AvgIpc) is 3.28. The van der Waals surface area contributed by atoms with E-state index in [0.717, 1.165) is 12.0 Å². The van der Waals surface area contributed by atoms with Crippen LogP contribution in [0, 0.1) is 0 Å². The second-order valence-corrected chi connectivity index (χ2v) is 5.37. The Morgan fingerprint density at radius 3 is 2.86 bits per heavy atom. The highest BCUT2D eigenvalue weighted by molar-refractivity contribution is 5.72. The van der Waals surface area contributed by atoms with Crippen LogP contribution < -0.4 is 14.8 Å². The van der Waals surface area contributed by atoms with E-state index in [1.54, 1.807) is 6.07 Å². The van der Waals surface area contributed by atoms with Crippen LogP contribution in [0.25, 0.3) is 0 Å². The lowest BCUT2D eigenvalue weighted by atomic mass is 10.2. The predicted octanol–water partition coefficient (Wildman–Crippen LogP) is 2.58. The van der Waals surface area contributed by atoms with E-state index >= 15 is 0 Å². The second-order valence-electron chi connectivity index (χ2n) is 5.37. The lowest BCUT2D eigenvalue weighted by molar-refractivity contribution is -0.144. The van der Waals surface area contributed by atoms with Crippen LogP contribution in [-0.2, 0) is 11.3 Å². The second kappa shape index (κ2) is 7.31. The first kappa shape index (κ1) is 15.6. The summed E-state index contributed by atoms with van der Waals surface area (Å²) in [6.07, 6.45) is 2.46. The first-order valence-electron chi connectivity index (χ1n) is 7.48. The lowest BCUT2D eigenvalue weighted by Crippen LogP contribution is -2.24. The van der Waals surface area contributed by atoms with Crippen LogP contribution in [0.5, 0.6) is 11.5 Å². The molecule has 2 N–H and O–H groups in total. The summed E-state index contributed by atoms with van der Waals surface area (Å²) in [5.74, 6) is 0.308. The molecule has 5 heteroatoms. The lowest BCUT2D eigenvalue weighted by Gasteiger charge is -2.16. The highest BCUT2D eigenvalue weighted by Gasteiger charge is 2.21. The van der Waals surface area contributed by atoms with Crippen molar-refractivity contribution in [2.75, 3.05) is 6.61 Å². The number of nitrogens with one attached hydrogen (secondary N) is 1. The molecule has 0 spiro atoms. The number of aliphatic carboxylic acids is 1. The van der Waals surface area contributed by atoms with E-state index in [1.165, 1.54) is 19.8 Å². The molecule has 0 aliphatic heterocycles. The summed E-state index contributed by atoms with van der Waals surface area (Å²) in [7, 11) is 0. The van der Waals surface area contributed by atoms with Crippen LogP contribution in [0.4, 0.5) is 0 Å². The molecule has 1 saturated carbocycles. The summed E-state index contributed by atoms with van der Waals surface area (Å²) >= 11 is 0. The van der Waals surface area contributed by atoms with Crippen molar-refractivity contribution in [3.63, 3.8) is 0 Å². The van der Waals surface area contributed by atoms with E-state index < -0.39 is 12.1 Å². The molecule has 116 valence electrons. The molecule has 0 amide bonds. The van der Waals surface area contributed by atoms with Gasteiger partial charge >= 0.3 is 5.97 Å². The zero-order valence-corrected chi connectivity index (χ0v) is 12.6. The molecule has 0 radical (unpaired) electrons. The molecule has 1 fully saturated rings. The third kappa shape index (κ3) is 4.93. The van der Waals surface area contributed by atoms with Gasteiger partial charge < -0.3 is 19.9 Å². The summed E-state index contributed by atoms with van der Waals surface area (Å²) < 4.78 is 11.1. The number of hydrogen-bond donors (Lipinski definition) is 2. The molecule has 1 aliphatic rings. The summed E-state index contributed by atoms with van der Waals surface area (Å²) in [5, 5.41) is 12.4. The maximum Gasteiger partial charge on any atom is 0.344 e. The molecule has 0 heterocycles. The molecule has 5 nitrogen and oxygen atoms in total. The predicted molar refractivity (Wildman–Crippen MR) is 79.8 cm³/mol. The smallest absolute Gasteiger partial charge is 0.344 e. The fraction of sp³-hybridized carbons (Fsp3) is 0.562. The summed E-state index contributed by atoms with van der Waals surface area (Å²) in [6.45, 7) is 4.88. The maximum atomic E-state index is 11.0. The summed E-state index contributed by atoms with van der Waals surface area (Å²) in [4.78, 5) is 11.0. The molecule has 1 unspecified atom stereocenters. The van der Waals surface area contributed by atoms with Gasteiger partial charge in [-0.1, -0.05) is 13.0 Å². The third-order valence-electron chi connectivity index (χ3n) is 3.32. The van der Waals surface area contributed by atoms with Crippen molar-refractivity contribution in [3.05, 3.63) is 23.8 Å². The van der Waals surface area contributed by atoms with Crippen LogP contribution in [0.1, 0.15) is 38.7 Å². The zero-order chi connectivity index (χ0) is 15.2. The Morgan fingerprint density at radius 2 is 2.24 bits per heavy atom. The largest absolute Gasteiger partial charge is 0.493 e. The number of carboxylic acid groups (broad SMARTS) is 1. The minimum absolute atomic E-state index is 0.576. The molecule has 1 aromatic carbocycles. The Morgan fingerprint density at radius 1 is 1.48 bits per heavy atom. The number of benzene rings is 1. The van der Waals surface area contributed by atoms with Crippen molar-refractivity contribution < 1.29 is 19.4 Å². The fourth-order valence-electron chi connectivity index (χ4n) is 1.88. The molecular formula is C16H23NO4. The van der Waals surface area contributed by atoms with Crippen molar-refractivity contribution >= 4 is 5.97 Å². The Bertz CT molecular complexity index is 485. The van der Waals surface area contributed by atoms with Gasteiger partial charge in [0.15, 0.2) is 6.10 Å². The maximum absolute atomic E-state index is 11.0. The van der Waals surface area contributed by atoms with Gasteiger partial charge in [0.2, 0.25) is 0 Å². The van der Waals surface area contributed by atoms with Crippen LogP contribution in [0.2, 0.25) is 0 Å². The van der Waals surface area contributed by atoms with E-state index in [0.29, 0.717) is 30.7 Å². The van der Waals surface area contributed by atoms with E-state index in [2.05, 4.69) is 5.32 Å². The van der Waals surface area contributed by atoms with Crippen molar-refractivity contribution in [1.29, 1.82) is 0 Å². The summed E-state index contributed by atoms with van der Waals surface area (Å²) in [5.41, 5.74) is 0.957. The highest BCUT2D eigenvalue weighted by atomic mass is 16.5. The summed E-state index contributed by atoms with van der Waals surface area (Å²) in [6, 6.07) is 6.20. The fourth-order valence-corrected chi connectivity index (χ4v) is 1.88. The van der Waals surface area contributed by atoms with Gasteiger partial charge in [-0.15, -0.1) is 0 Å². The molecule has 0 aromatic heterocycles. The molecule has 0 saturated heterocycles. The third-order valence-corrected chi connectivity index (χ3v) is 3.32. The van der Waals surface area contributed by atoms with Gasteiger partial charge in [0.1, 0.15) is 11.5 Å². The Hall–Kier alpha value is -1.75. The van der Waals surface area contributed by atoms with Crippen LogP contribution in [0.15, 0.2) is 18.2 Å². The molecular weight excluding hydrogens is 270 g/mol. The monoisotopic (exact) mass is 293 g/mol. The Balaban J connectivity index is 2.10. The molecule has 21 heavy (non-hydrogen) atoms. The van der Waals surface area contributed by atoms with Gasteiger partial charge in [0.25, 0.3) is 0 Å². The normalized spacial score (nSPS) is 15.5. The van der Waals surface area contributed by atoms with Gasteiger partial charge in [-0.2, -0.15) is 0 Å². The van der Waals surface area contributed by atoms with Crippen molar-refractivity contribution in [3.8, 4) is 11.5 Å². The van der Waals surface area contributed by atoms with Crippen molar-refractivity contribution in [2.45, 2.75) is 51.8 Å². The van der Waals surface area contributed by atoms with Crippen LogP contribution >= 0.6 is 0 Å². The molecule has 1 aliphatic carbocycles. The minimum Gasteiger partial charge on any atom is -0.493 e. The highest BCUT2D eigenvalue weighted by Crippen LogP contribution is 2.27.